The summed E-state index contributed by atoms with van der Waals surface area (Å²) in [5, 5.41) is 8.35. The van der Waals surface area contributed by atoms with Crippen molar-refractivity contribution in [1.29, 1.82) is 5.26 Å². The molecule has 0 spiro atoms. The monoisotopic (exact) mass is 196 g/mol. The van der Waals surface area contributed by atoms with Crippen molar-refractivity contribution >= 4 is 0 Å². The molecule has 1 aliphatic rings. The number of alkyl halides is 1. The first-order valence-electron chi connectivity index (χ1n) is 4.89. The van der Waals surface area contributed by atoms with E-state index in [-0.39, 0.29) is 5.54 Å². The molecule has 0 aliphatic carbocycles. The molecule has 0 saturated carbocycles. The van der Waals surface area contributed by atoms with Crippen molar-refractivity contribution < 1.29 is 4.39 Å². The van der Waals surface area contributed by atoms with Crippen LogP contribution in [-0.4, -0.2) is 29.2 Å². The minimum Gasteiger partial charge on any atom is -0.295 e. The zero-order valence-corrected chi connectivity index (χ0v) is 9.05. The van der Waals surface area contributed by atoms with E-state index in [1.54, 1.807) is 0 Å². The maximum Gasteiger partial charge on any atom is 0.143 e. The fourth-order valence-corrected chi connectivity index (χ4v) is 1.69. The Morgan fingerprint density at radius 1 is 1.50 bits per heavy atom. The van der Waals surface area contributed by atoms with E-state index >= 15 is 0 Å². The van der Waals surface area contributed by atoms with Gasteiger partial charge in [-0.15, -0.1) is 0 Å². The number of allylic oxidation sites excluding steroid dienone is 1. The van der Waals surface area contributed by atoms with Crippen molar-refractivity contribution in [2.75, 3.05) is 13.1 Å². The summed E-state index contributed by atoms with van der Waals surface area (Å²) < 4.78 is 14.0. The molecule has 1 atom stereocenters. The number of rotatable bonds is 1. The van der Waals surface area contributed by atoms with Gasteiger partial charge in [0.1, 0.15) is 5.67 Å². The van der Waals surface area contributed by atoms with Crippen LogP contribution in [0.4, 0.5) is 4.39 Å². The van der Waals surface area contributed by atoms with Gasteiger partial charge in [-0.05, 0) is 33.3 Å². The maximum absolute atomic E-state index is 14.0. The van der Waals surface area contributed by atoms with Gasteiger partial charge in [0.15, 0.2) is 0 Å². The van der Waals surface area contributed by atoms with Crippen LogP contribution in [0.3, 0.4) is 0 Å². The summed E-state index contributed by atoms with van der Waals surface area (Å²) in [6.45, 7) is 7.39. The van der Waals surface area contributed by atoms with Crippen LogP contribution in [0.5, 0.6) is 0 Å². The average molecular weight is 196 g/mol. The molecule has 1 unspecified atom stereocenters. The molecule has 3 heteroatoms. The third-order valence-corrected chi connectivity index (χ3v) is 2.66. The van der Waals surface area contributed by atoms with Crippen LogP contribution in [-0.2, 0) is 0 Å². The quantitative estimate of drug-likeness (QED) is 0.601. The number of hydrogen-bond donors (Lipinski definition) is 0. The highest BCUT2D eigenvalue weighted by molar-refractivity contribution is 5.14. The Kier molecular flexibility index (Phi) is 2.96. The summed E-state index contributed by atoms with van der Waals surface area (Å²) in [6, 6.07) is 1.83. The standard InChI is InChI=1S/C11H17FN2/c1-10(2,3)14-8-6-11(12,9-14)5-4-7-13/h4-5H,6,8-9H2,1-3H3. The lowest BCUT2D eigenvalue weighted by molar-refractivity contribution is 0.142. The van der Waals surface area contributed by atoms with Crippen molar-refractivity contribution in [2.45, 2.75) is 38.4 Å². The van der Waals surface area contributed by atoms with Crippen molar-refractivity contribution in [3.8, 4) is 6.07 Å². The largest absolute Gasteiger partial charge is 0.295 e. The average Bonchev–Trinajstić information content (AvgIpc) is 2.45. The van der Waals surface area contributed by atoms with Gasteiger partial charge >= 0.3 is 0 Å². The van der Waals surface area contributed by atoms with Gasteiger partial charge in [0.25, 0.3) is 0 Å². The highest BCUT2D eigenvalue weighted by Crippen LogP contribution is 2.31. The van der Waals surface area contributed by atoms with Gasteiger partial charge in [-0.2, -0.15) is 5.26 Å². The zero-order chi connectivity index (χ0) is 10.8. The Morgan fingerprint density at radius 2 is 2.14 bits per heavy atom. The molecule has 1 fully saturated rings. The van der Waals surface area contributed by atoms with Crippen LogP contribution in [0.2, 0.25) is 0 Å². The van der Waals surface area contributed by atoms with Gasteiger partial charge in [-0.1, -0.05) is 0 Å². The summed E-state index contributed by atoms with van der Waals surface area (Å²) in [6.07, 6.45) is 3.12. The predicted molar refractivity (Wildman–Crippen MR) is 54.5 cm³/mol. The molecule has 0 bridgehead atoms. The van der Waals surface area contributed by atoms with Crippen LogP contribution in [0.15, 0.2) is 12.2 Å². The summed E-state index contributed by atoms with van der Waals surface area (Å²) in [7, 11) is 0. The molecule has 14 heavy (non-hydrogen) atoms. The molecule has 0 amide bonds. The van der Waals surface area contributed by atoms with Crippen LogP contribution < -0.4 is 0 Å². The van der Waals surface area contributed by atoms with Crippen molar-refractivity contribution in [2.24, 2.45) is 0 Å². The molecule has 0 aromatic rings. The molecular formula is C11H17FN2. The molecule has 1 heterocycles. The Bertz CT molecular complexity index is 272. The van der Waals surface area contributed by atoms with Crippen molar-refractivity contribution in [3.05, 3.63) is 12.2 Å². The first kappa shape index (κ1) is 11.2. The smallest absolute Gasteiger partial charge is 0.143 e. The number of nitrogens with zero attached hydrogens (tertiary/aromatic N) is 2. The van der Waals surface area contributed by atoms with Crippen LogP contribution in [0.1, 0.15) is 27.2 Å². The number of likely N-dealkylation sites (tertiary alicyclic amines) is 1. The lowest BCUT2D eigenvalue weighted by atomic mass is 10.0. The molecule has 78 valence electrons. The molecular weight excluding hydrogens is 179 g/mol. The number of halogens is 1. The summed E-state index contributed by atoms with van der Waals surface area (Å²) >= 11 is 0. The van der Waals surface area contributed by atoms with Gasteiger partial charge in [0.2, 0.25) is 0 Å². The number of hydrogen-bond acceptors (Lipinski definition) is 2. The highest BCUT2D eigenvalue weighted by atomic mass is 19.1. The second kappa shape index (κ2) is 3.70. The normalized spacial score (nSPS) is 29.6. The van der Waals surface area contributed by atoms with Crippen LogP contribution in [0, 0.1) is 11.3 Å². The van der Waals surface area contributed by atoms with Crippen molar-refractivity contribution in [1.82, 2.24) is 4.90 Å². The van der Waals surface area contributed by atoms with Gasteiger partial charge in [0.05, 0.1) is 6.07 Å². The highest BCUT2D eigenvalue weighted by Gasteiger charge is 2.39. The van der Waals surface area contributed by atoms with Crippen molar-refractivity contribution in [3.63, 3.8) is 0 Å². The lowest BCUT2D eigenvalue weighted by Gasteiger charge is -2.31. The van der Waals surface area contributed by atoms with E-state index in [9.17, 15) is 4.39 Å². The van der Waals surface area contributed by atoms with Gasteiger partial charge in [0, 0.05) is 24.7 Å². The first-order chi connectivity index (χ1) is 6.37. The summed E-state index contributed by atoms with van der Waals surface area (Å²) in [5.74, 6) is 0. The van der Waals surface area contributed by atoms with Crippen LogP contribution >= 0.6 is 0 Å². The van der Waals surface area contributed by atoms with Gasteiger partial charge < -0.3 is 0 Å². The molecule has 1 aliphatic heterocycles. The first-order valence-corrected chi connectivity index (χ1v) is 4.89. The predicted octanol–water partition coefficient (Wildman–Crippen LogP) is 2.28. The van der Waals surface area contributed by atoms with Gasteiger partial charge in [-0.25, -0.2) is 4.39 Å². The Balaban J connectivity index is 2.65. The Labute approximate surface area is 85.0 Å². The molecule has 1 rings (SSSR count). The van der Waals surface area contributed by atoms with E-state index in [1.807, 2.05) is 6.07 Å². The Morgan fingerprint density at radius 3 is 2.57 bits per heavy atom. The SMILES string of the molecule is CC(C)(C)N1CCC(F)(C=CC#N)C1. The Hall–Kier alpha value is -0.880. The maximum atomic E-state index is 14.0. The van der Waals surface area contributed by atoms with E-state index < -0.39 is 5.67 Å². The minimum absolute atomic E-state index is 0.00826. The van der Waals surface area contributed by atoms with E-state index in [0.29, 0.717) is 13.0 Å². The second-order valence-electron chi connectivity index (χ2n) is 4.84. The molecule has 0 aromatic heterocycles. The summed E-state index contributed by atoms with van der Waals surface area (Å²) in [5.41, 5.74) is -1.29. The third kappa shape index (κ3) is 2.55. The number of nitriles is 1. The molecule has 0 radical (unpaired) electrons. The zero-order valence-electron chi connectivity index (χ0n) is 9.05. The van der Waals surface area contributed by atoms with Gasteiger partial charge in [-0.3, -0.25) is 4.90 Å². The minimum atomic E-state index is -1.30. The molecule has 1 saturated heterocycles. The second-order valence-corrected chi connectivity index (χ2v) is 4.84. The lowest BCUT2D eigenvalue weighted by Crippen LogP contribution is -2.41. The molecule has 0 N–H and O–H groups in total. The van der Waals surface area contributed by atoms with E-state index in [1.165, 1.54) is 12.2 Å². The fraction of sp³-hybridized carbons (Fsp3) is 0.727. The fourth-order valence-electron chi connectivity index (χ4n) is 1.69. The van der Waals surface area contributed by atoms with E-state index in [4.69, 9.17) is 5.26 Å². The topological polar surface area (TPSA) is 27.0 Å². The van der Waals surface area contributed by atoms with E-state index in [2.05, 4.69) is 25.7 Å². The van der Waals surface area contributed by atoms with Crippen LogP contribution in [0.25, 0.3) is 0 Å². The van der Waals surface area contributed by atoms with E-state index in [0.717, 1.165) is 6.54 Å². The molecule has 0 aromatic carbocycles. The third-order valence-electron chi connectivity index (χ3n) is 2.66. The summed E-state index contributed by atoms with van der Waals surface area (Å²) in [4.78, 5) is 2.11. The molecule has 2 nitrogen and oxygen atoms in total.